The Kier molecular flexibility index (Phi) is 4.58. The van der Waals surface area contributed by atoms with E-state index in [-0.39, 0.29) is 16.5 Å². The molecule has 0 N–H and O–H groups in total. The van der Waals surface area contributed by atoms with Gasteiger partial charge in [-0.2, -0.15) is 0 Å². The van der Waals surface area contributed by atoms with Crippen LogP contribution in [0.15, 0.2) is 47.4 Å². The van der Waals surface area contributed by atoms with Gasteiger partial charge in [0.15, 0.2) is 9.84 Å². The monoisotopic (exact) mass is 378 g/mol. The van der Waals surface area contributed by atoms with E-state index in [1.54, 1.807) is 37.4 Å². The number of methoxy groups -OCH3 is 1. The summed E-state index contributed by atoms with van der Waals surface area (Å²) in [5.74, 6) is 0.233. The van der Waals surface area contributed by atoms with Gasteiger partial charge < -0.3 is 9.47 Å². The zero-order chi connectivity index (χ0) is 18.2. The molecule has 0 aliphatic carbocycles. The lowest BCUT2D eigenvalue weighted by Crippen LogP contribution is -1.99. The molecule has 0 amide bonds. The van der Waals surface area contributed by atoms with Gasteiger partial charge in [-0.3, -0.25) is 0 Å². The van der Waals surface area contributed by atoms with Crippen molar-refractivity contribution < 1.29 is 22.7 Å². The standard InChI is InChI=1S/C18H15ClO5S/c1-23-12-5-3-11(4-6-12)17-15(10-24-18(17)20)14-8-7-13(9-16(14)19)25(2,21)22/h3-9H,10H2,1-2H3. The Hall–Kier alpha value is -2.31. The van der Waals surface area contributed by atoms with Crippen LogP contribution in [-0.4, -0.2) is 34.4 Å². The normalized spacial score (nSPS) is 14.6. The molecule has 0 fully saturated rings. The molecule has 25 heavy (non-hydrogen) atoms. The van der Waals surface area contributed by atoms with Crippen LogP contribution in [0.25, 0.3) is 11.1 Å². The first kappa shape index (κ1) is 17.5. The van der Waals surface area contributed by atoms with E-state index in [1.165, 1.54) is 12.1 Å². The summed E-state index contributed by atoms with van der Waals surface area (Å²) in [5, 5.41) is 0.252. The summed E-state index contributed by atoms with van der Waals surface area (Å²) in [4.78, 5) is 12.3. The fraction of sp³-hybridized carbons (Fsp3) is 0.167. The maximum absolute atomic E-state index is 12.2. The van der Waals surface area contributed by atoms with Crippen LogP contribution in [0.2, 0.25) is 5.02 Å². The van der Waals surface area contributed by atoms with Crippen molar-refractivity contribution in [2.75, 3.05) is 20.0 Å². The average Bonchev–Trinajstić information content (AvgIpc) is 2.95. The molecule has 0 atom stereocenters. The minimum atomic E-state index is -3.36. The Bertz CT molecular complexity index is 975. The lowest BCUT2D eigenvalue weighted by Gasteiger charge is -2.09. The van der Waals surface area contributed by atoms with Crippen molar-refractivity contribution in [2.24, 2.45) is 0 Å². The van der Waals surface area contributed by atoms with E-state index < -0.39 is 15.8 Å². The van der Waals surface area contributed by atoms with Crippen LogP contribution in [0.5, 0.6) is 5.75 Å². The highest BCUT2D eigenvalue weighted by atomic mass is 35.5. The molecule has 1 heterocycles. The fourth-order valence-corrected chi connectivity index (χ4v) is 3.65. The number of hydrogen-bond donors (Lipinski definition) is 0. The first-order chi connectivity index (χ1) is 11.8. The summed E-state index contributed by atoms with van der Waals surface area (Å²) in [6, 6.07) is 11.5. The lowest BCUT2D eigenvalue weighted by molar-refractivity contribution is -0.133. The summed E-state index contributed by atoms with van der Waals surface area (Å²) < 4.78 is 33.6. The van der Waals surface area contributed by atoms with E-state index in [4.69, 9.17) is 21.1 Å². The van der Waals surface area contributed by atoms with Crippen LogP contribution in [0.4, 0.5) is 0 Å². The quantitative estimate of drug-likeness (QED) is 0.764. The minimum absolute atomic E-state index is 0.0815. The number of ether oxygens (including phenoxy) is 2. The third-order valence-electron chi connectivity index (χ3n) is 3.93. The predicted molar refractivity (Wildman–Crippen MR) is 95.3 cm³/mol. The Morgan fingerprint density at radius 1 is 1.12 bits per heavy atom. The lowest BCUT2D eigenvalue weighted by atomic mass is 9.96. The van der Waals surface area contributed by atoms with E-state index in [2.05, 4.69) is 0 Å². The number of rotatable bonds is 4. The highest BCUT2D eigenvalue weighted by molar-refractivity contribution is 7.90. The van der Waals surface area contributed by atoms with E-state index in [0.29, 0.717) is 28.0 Å². The second-order valence-corrected chi connectivity index (χ2v) is 7.99. The zero-order valence-corrected chi connectivity index (χ0v) is 15.1. The molecule has 0 aromatic heterocycles. The number of sulfone groups is 1. The summed E-state index contributed by atoms with van der Waals surface area (Å²) in [6.45, 7) is 0.0815. The second kappa shape index (κ2) is 6.54. The second-order valence-electron chi connectivity index (χ2n) is 5.57. The van der Waals surface area contributed by atoms with Crippen LogP contribution in [0.3, 0.4) is 0 Å². The number of hydrogen-bond acceptors (Lipinski definition) is 5. The van der Waals surface area contributed by atoms with E-state index >= 15 is 0 Å². The number of benzene rings is 2. The molecule has 1 aliphatic rings. The molecular formula is C18H15ClO5S. The van der Waals surface area contributed by atoms with E-state index in [9.17, 15) is 13.2 Å². The Balaban J connectivity index is 2.12. The van der Waals surface area contributed by atoms with Gasteiger partial charge in [-0.25, -0.2) is 13.2 Å². The minimum Gasteiger partial charge on any atom is -0.497 e. The van der Waals surface area contributed by atoms with Gasteiger partial charge in [0.05, 0.1) is 17.6 Å². The average molecular weight is 379 g/mol. The zero-order valence-electron chi connectivity index (χ0n) is 13.6. The predicted octanol–water partition coefficient (Wildman–Crippen LogP) is 3.22. The van der Waals surface area contributed by atoms with Gasteiger partial charge >= 0.3 is 5.97 Å². The fourth-order valence-electron chi connectivity index (χ4n) is 2.64. The van der Waals surface area contributed by atoms with Crippen molar-refractivity contribution >= 4 is 38.6 Å². The number of cyclic esters (lactones) is 1. The molecule has 0 bridgehead atoms. The summed E-state index contributed by atoms with van der Waals surface area (Å²) in [6.07, 6.45) is 1.11. The van der Waals surface area contributed by atoms with E-state index in [1.807, 2.05) is 0 Å². The molecule has 0 spiro atoms. The van der Waals surface area contributed by atoms with Crippen LogP contribution in [0.1, 0.15) is 11.1 Å². The smallest absolute Gasteiger partial charge is 0.339 e. The maximum atomic E-state index is 12.2. The molecule has 130 valence electrons. The van der Waals surface area contributed by atoms with Gasteiger partial charge in [0.2, 0.25) is 0 Å². The first-order valence-corrected chi connectivity index (χ1v) is 9.63. The largest absolute Gasteiger partial charge is 0.497 e. The maximum Gasteiger partial charge on any atom is 0.339 e. The highest BCUT2D eigenvalue weighted by Crippen LogP contribution is 2.37. The Morgan fingerprint density at radius 2 is 1.80 bits per heavy atom. The van der Waals surface area contributed by atoms with Crippen molar-refractivity contribution in [3.8, 4) is 5.75 Å². The van der Waals surface area contributed by atoms with Crippen LogP contribution >= 0.6 is 11.6 Å². The van der Waals surface area contributed by atoms with Crippen molar-refractivity contribution in [3.63, 3.8) is 0 Å². The van der Waals surface area contributed by atoms with Gasteiger partial charge in [0, 0.05) is 22.4 Å². The van der Waals surface area contributed by atoms with Gasteiger partial charge in [-0.05, 0) is 29.8 Å². The van der Waals surface area contributed by atoms with Crippen molar-refractivity contribution in [1.82, 2.24) is 0 Å². The molecule has 7 heteroatoms. The van der Waals surface area contributed by atoms with Crippen molar-refractivity contribution in [2.45, 2.75) is 4.90 Å². The molecular weight excluding hydrogens is 364 g/mol. The number of carbonyl (C=O) groups is 1. The van der Waals surface area contributed by atoms with Crippen LogP contribution in [-0.2, 0) is 19.4 Å². The first-order valence-electron chi connectivity index (χ1n) is 7.36. The Labute approximate surface area is 150 Å². The molecule has 0 radical (unpaired) electrons. The third kappa shape index (κ3) is 3.41. The summed E-state index contributed by atoms with van der Waals surface area (Å²) in [5.41, 5.74) is 2.30. The topological polar surface area (TPSA) is 69.7 Å². The summed E-state index contributed by atoms with van der Waals surface area (Å²) in [7, 11) is -1.80. The molecule has 5 nitrogen and oxygen atoms in total. The van der Waals surface area contributed by atoms with Gasteiger partial charge in [-0.1, -0.05) is 29.8 Å². The molecule has 0 saturated heterocycles. The Morgan fingerprint density at radius 3 is 2.36 bits per heavy atom. The van der Waals surface area contributed by atoms with Gasteiger partial charge in [-0.15, -0.1) is 0 Å². The molecule has 3 rings (SSSR count). The third-order valence-corrected chi connectivity index (χ3v) is 5.35. The molecule has 2 aromatic carbocycles. The molecule has 1 aliphatic heterocycles. The van der Waals surface area contributed by atoms with Gasteiger partial charge in [0.25, 0.3) is 0 Å². The number of carbonyl (C=O) groups excluding carboxylic acids is 1. The van der Waals surface area contributed by atoms with E-state index in [0.717, 1.165) is 6.26 Å². The van der Waals surface area contributed by atoms with Crippen molar-refractivity contribution in [3.05, 3.63) is 58.6 Å². The highest BCUT2D eigenvalue weighted by Gasteiger charge is 2.28. The van der Waals surface area contributed by atoms with Crippen molar-refractivity contribution in [1.29, 1.82) is 0 Å². The van der Waals surface area contributed by atoms with Crippen LogP contribution in [0, 0.1) is 0 Å². The van der Waals surface area contributed by atoms with Crippen LogP contribution < -0.4 is 4.74 Å². The molecule has 0 saturated carbocycles. The summed E-state index contributed by atoms with van der Waals surface area (Å²) >= 11 is 6.28. The van der Waals surface area contributed by atoms with Gasteiger partial charge in [0.1, 0.15) is 12.4 Å². The number of halogens is 1. The number of esters is 1. The SMILES string of the molecule is COc1ccc(C2=C(c3ccc(S(C)(=O)=O)cc3Cl)COC2=O)cc1. The molecule has 0 unspecified atom stereocenters. The molecule has 2 aromatic rings.